The van der Waals surface area contributed by atoms with Gasteiger partial charge in [-0.2, -0.15) is 10.1 Å². The molecule has 2 fully saturated rings. The van der Waals surface area contributed by atoms with Gasteiger partial charge in [0, 0.05) is 59.8 Å². The largest absolute Gasteiger partial charge is 0.439 e. The van der Waals surface area contributed by atoms with Gasteiger partial charge in [-0.25, -0.2) is 9.67 Å². The summed E-state index contributed by atoms with van der Waals surface area (Å²) < 4.78 is 14.2. The topological polar surface area (TPSA) is 119 Å². The molecule has 4 aromatic heterocycles. The van der Waals surface area contributed by atoms with E-state index in [-0.39, 0.29) is 5.43 Å². The normalized spacial score (nSPS) is 16.3. The molecule has 5 aromatic rings. The van der Waals surface area contributed by atoms with E-state index in [0.717, 1.165) is 34.9 Å². The molecule has 6 heterocycles. The zero-order chi connectivity index (χ0) is 28.5. The summed E-state index contributed by atoms with van der Waals surface area (Å²) in [5, 5.41) is 12.4. The molecule has 0 bridgehead atoms. The van der Waals surface area contributed by atoms with Gasteiger partial charge in [0.1, 0.15) is 37.4 Å². The summed E-state index contributed by atoms with van der Waals surface area (Å²) in [5.74, 6) is 1.81. The van der Waals surface area contributed by atoms with Gasteiger partial charge in [0.25, 0.3) is 0 Å². The van der Waals surface area contributed by atoms with Gasteiger partial charge in [0.05, 0.1) is 18.9 Å². The number of nitrogens with one attached hydrogen (secondary N) is 2. The third-order valence-electron chi connectivity index (χ3n) is 7.93. The van der Waals surface area contributed by atoms with Gasteiger partial charge in [-0.05, 0) is 24.6 Å². The van der Waals surface area contributed by atoms with Gasteiger partial charge in [-0.15, -0.1) is 11.3 Å². The first kappa shape index (κ1) is 26.8. The van der Waals surface area contributed by atoms with Crippen LogP contribution in [0.25, 0.3) is 27.2 Å². The number of nitrogens with zero attached hydrogens (tertiary/aromatic N) is 5. The van der Waals surface area contributed by atoms with E-state index < -0.39 is 0 Å². The smallest absolute Gasteiger partial charge is 0.229 e. The Labute approximate surface area is 246 Å². The second-order valence-corrected chi connectivity index (χ2v) is 11.7. The third-order valence-corrected chi connectivity index (χ3v) is 8.90. The van der Waals surface area contributed by atoms with Crippen LogP contribution in [-0.2, 0) is 11.3 Å². The van der Waals surface area contributed by atoms with Crippen LogP contribution in [0.4, 0.5) is 17.5 Å². The monoisotopic (exact) mass is 586 g/mol. The van der Waals surface area contributed by atoms with Crippen molar-refractivity contribution in [2.24, 2.45) is 0 Å². The molecule has 0 saturated carbocycles. The maximum absolute atomic E-state index is 12.8. The molecule has 11 nitrogen and oxygen atoms in total. The fourth-order valence-electron chi connectivity index (χ4n) is 5.58. The maximum Gasteiger partial charge on any atom is 0.229 e. The summed E-state index contributed by atoms with van der Waals surface area (Å²) >= 11 is 1.41. The van der Waals surface area contributed by atoms with Crippen molar-refractivity contribution in [3.8, 4) is 16.9 Å². The van der Waals surface area contributed by atoms with Crippen molar-refractivity contribution in [3.05, 3.63) is 75.7 Å². The van der Waals surface area contributed by atoms with Crippen LogP contribution in [0.3, 0.4) is 0 Å². The number of ether oxygens (including phenoxy) is 1. The highest BCUT2D eigenvalue weighted by molar-refractivity contribution is 7.17. The average molecular weight is 587 g/mol. The van der Waals surface area contributed by atoms with Crippen LogP contribution in [0.5, 0.6) is 0 Å². The van der Waals surface area contributed by atoms with Crippen LogP contribution in [0.1, 0.15) is 11.3 Å². The van der Waals surface area contributed by atoms with Gasteiger partial charge in [-0.3, -0.25) is 4.79 Å². The standard InChI is InChI=1S/C30H32N8O3S/c1-20-22(17-36-10-8-31-9-11-36)18-38(35-20)26-6-7-32-30(34-26)33-23-4-2-21(3-5-23)24-19-42-29-25(39)16-27(41-28(24)29)37-12-14-40-15-13-37/h2-7,16,18-19,31H,8-15,17H2,1H3,(H,32,33,34)/p+2. The summed E-state index contributed by atoms with van der Waals surface area (Å²) in [6.07, 6.45) is 3.84. The van der Waals surface area contributed by atoms with Crippen molar-refractivity contribution in [1.29, 1.82) is 0 Å². The van der Waals surface area contributed by atoms with Gasteiger partial charge in [0.2, 0.25) is 11.4 Å². The Balaban J connectivity index is 1.08. The van der Waals surface area contributed by atoms with Crippen LogP contribution in [0, 0.1) is 6.92 Å². The second-order valence-electron chi connectivity index (χ2n) is 10.8. The molecule has 7 rings (SSSR count). The number of anilines is 3. The van der Waals surface area contributed by atoms with E-state index in [1.54, 1.807) is 17.2 Å². The first-order valence-electron chi connectivity index (χ1n) is 14.4. The molecular weight excluding hydrogens is 552 g/mol. The van der Waals surface area contributed by atoms with Crippen LogP contribution in [0.2, 0.25) is 0 Å². The molecule has 0 atom stereocenters. The number of thiophene rings is 1. The van der Waals surface area contributed by atoms with Gasteiger partial charge in [0.15, 0.2) is 17.3 Å². The number of morpholine rings is 1. The Kier molecular flexibility index (Phi) is 7.43. The fourth-order valence-corrected chi connectivity index (χ4v) is 6.50. The van der Waals surface area contributed by atoms with Gasteiger partial charge < -0.3 is 29.6 Å². The molecule has 0 aliphatic carbocycles. The van der Waals surface area contributed by atoms with Crippen LogP contribution in [0.15, 0.2) is 63.4 Å². The van der Waals surface area contributed by atoms with Crippen LogP contribution in [-0.4, -0.2) is 72.2 Å². The van der Waals surface area contributed by atoms with E-state index in [1.807, 2.05) is 40.4 Å². The first-order chi connectivity index (χ1) is 20.6. The van der Waals surface area contributed by atoms with Crippen molar-refractivity contribution in [2.45, 2.75) is 13.5 Å². The summed E-state index contributed by atoms with van der Waals surface area (Å²) in [7, 11) is 0. The third kappa shape index (κ3) is 5.53. The lowest BCUT2D eigenvalue weighted by Gasteiger charge is -2.27. The van der Waals surface area contributed by atoms with Gasteiger partial charge >= 0.3 is 0 Å². The zero-order valence-corrected chi connectivity index (χ0v) is 24.3. The number of rotatable bonds is 7. The summed E-state index contributed by atoms with van der Waals surface area (Å²) in [5.41, 5.74) is 5.63. The number of nitrogens with two attached hydrogens (primary N) is 1. The average Bonchev–Trinajstić information content (AvgIpc) is 3.62. The number of benzene rings is 1. The highest BCUT2D eigenvalue weighted by Gasteiger charge is 2.20. The molecule has 12 heteroatoms. The quantitative estimate of drug-likeness (QED) is 0.262. The van der Waals surface area contributed by atoms with Gasteiger partial charge in [-0.1, -0.05) is 12.1 Å². The Bertz CT molecular complexity index is 1750. The second kappa shape index (κ2) is 11.6. The zero-order valence-electron chi connectivity index (χ0n) is 23.5. The lowest BCUT2D eigenvalue weighted by molar-refractivity contribution is -0.958. The predicted molar refractivity (Wildman–Crippen MR) is 162 cm³/mol. The Hall–Kier alpha value is -4.10. The van der Waals surface area contributed by atoms with Crippen LogP contribution < -0.4 is 25.9 Å². The minimum Gasteiger partial charge on any atom is -0.439 e. The van der Waals surface area contributed by atoms with E-state index in [1.165, 1.54) is 43.1 Å². The summed E-state index contributed by atoms with van der Waals surface area (Å²) in [4.78, 5) is 25.7. The molecule has 2 aliphatic rings. The summed E-state index contributed by atoms with van der Waals surface area (Å²) in [6.45, 7) is 10.4. The maximum atomic E-state index is 12.8. The highest BCUT2D eigenvalue weighted by Crippen LogP contribution is 2.35. The number of hydrogen-bond acceptors (Lipinski definition) is 9. The van der Waals surface area contributed by atoms with E-state index in [9.17, 15) is 4.79 Å². The number of aromatic nitrogens is 4. The molecule has 0 amide bonds. The Morgan fingerprint density at radius 2 is 1.93 bits per heavy atom. The molecular formula is C30H34N8O3S+2. The fraction of sp³-hybridized carbons (Fsp3) is 0.333. The van der Waals surface area contributed by atoms with Crippen molar-refractivity contribution in [1.82, 2.24) is 19.7 Å². The van der Waals surface area contributed by atoms with E-state index in [0.29, 0.717) is 48.4 Å². The molecule has 4 N–H and O–H groups in total. The number of aryl methyl sites for hydroxylation is 1. The molecule has 0 spiro atoms. The Morgan fingerprint density at radius 3 is 2.74 bits per heavy atom. The van der Waals surface area contributed by atoms with Crippen molar-refractivity contribution in [3.63, 3.8) is 0 Å². The minimum absolute atomic E-state index is 0.0183. The van der Waals surface area contributed by atoms with E-state index >= 15 is 0 Å². The number of fused-ring (bicyclic) bond motifs is 1. The lowest BCUT2D eigenvalue weighted by atomic mass is 10.1. The van der Waals surface area contributed by atoms with Crippen molar-refractivity contribution < 1.29 is 19.4 Å². The number of hydrogen-bond donors (Lipinski definition) is 3. The molecule has 216 valence electrons. The predicted octanol–water partition coefficient (Wildman–Crippen LogP) is 1.35. The van der Waals surface area contributed by atoms with E-state index in [4.69, 9.17) is 19.2 Å². The van der Waals surface area contributed by atoms with Crippen molar-refractivity contribution in [2.75, 3.05) is 62.7 Å². The minimum atomic E-state index is -0.0183. The molecule has 2 aliphatic heterocycles. The lowest BCUT2D eigenvalue weighted by Crippen LogP contribution is -3.19. The first-order valence-corrected chi connectivity index (χ1v) is 15.3. The SMILES string of the molecule is Cc1nn(-c2ccnc(Nc3ccc(-c4csc5c(=O)cc(N6CCOCC6)oc45)cc3)n2)cc1C[NH+]1CC[NH2+]CC1. The van der Waals surface area contributed by atoms with Crippen LogP contribution >= 0.6 is 11.3 Å². The Morgan fingerprint density at radius 1 is 1.12 bits per heavy atom. The highest BCUT2D eigenvalue weighted by atomic mass is 32.1. The molecule has 0 radical (unpaired) electrons. The number of piperazine rings is 1. The molecule has 0 unspecified atom stereocenters. The number of quaternary nitrogens is 2. The van der Waals surface area contributed by atoms with E-state index in [2.05, 4.69) is 33.6 Å². The molecule has 42 heavy (non-hydrogen) atoms. The van der Waals surface area contributed by atoms with Crippen molar-refractivity contribution >= 4 is 39.1 Å². The molecule has 1 aromatic carbocycles. The molecule has 2 saturated heterocycles. The summed E-state index contributed by atoms with van der Waals surface area (Å²) in [6, 6.07) is 11.4.